The van der Waals surface area contributed by atoms with Crippen LogP contribution >= 0.6 is 22.6 Å². The lowest BCUT2D eigenvalue weighted by molar-refractivity contribution is -0.125. The highest BCUT2D eigenvalue weighted by molar-refractivity contribution is 14.1. The lowest BCUT2D eigenvalue weighted by Crippen LogP contribution is -2.43. The number of halogens is 4. The number of rotatable bonds is 7. The van der Waals surface area contributed by atoms with Crippen molar-refractivity contribution in [3.05, 3.63) is 65.0 Å². The first-order valence-electron chi connectivity index (χ1n) is 11.3. The number of hydrogen-bond acceptors (Lipinski definition) is 3. The number of alkyl halides is 1. The van der Waals surface area contributed by atoms with Crippen molar-refractivity contribution in [2.24, 2.45) is 10.9 Å². The Morgan fingerprint density at radius 3 is 2.47 bits per heavy atom. The van der Waals surface area contributed by atoms with Gasteiger partial charge in [0.1, 0.15) is 23.3 Å². The van der Waals surface area contributed by atoms with Crippen LogP contribution in [0, 0.1) is 30.3 Å². The van der Waals surface area contributed by atoms with Gasteiger partial charge in [-0.3, -0.25) is 9.79 Å². The van der Waals surface area contributed by atoms with Gasteiger partial charge in [0.05, 0.1) is 15.8 Å². The molecule has 1 heterocycles. The maximum atomic E-state index is 14.7. The van der Waals surface area contributed by atoms with E-state index in [-0.39, 0.29) is 23.2 Å². The second kappa shape index (κ2) is 12.2. The molecule has 0 fully saturated rings. The minimum atomic E-state index is -0.959. The van der Waals surface area contributed by atoms with E-state index >= 15 is 0 Å². The Morgan fingerprint density at radius 2 is 1.83 bits per heavy atom. The molecule has 0 radical (unpaired) electrons. The van der Waals surface area contributed by atoms with E-state index in [4.69, 9.17) is 0 Å². The van der Waals surface area contributed by atoms with Crippen LogP contribution in [0.25, 0.3) is 5.57 Å². The molecule has 0 bridgehead atoms. The first-order chi connectivity index (χ1) is 17.2. The van der Waals surface area contributed by atoms with E-state index in [2.05, 4.69) is 43.5 Å². The summed E-state index contributed by atoms with van der Waals surface area (Å²) in [6.45, 7) is 5.15. The number of carbonyl (C=O) groups excluding carboxylic acids is 2. The van der Waals surface area contributed by atoms with Gasteiger partial charge in [0, 0.05) is 44.2 Å². The van der Waals surface area contributed by atoms with E-state index in [9.17, 15) is 22.8 Å². The number of aryl methyl sites for hydroxylation is 1. The molecule has 3 rings (SSSR count). The van der Waals surface area contributed by atoms with Crippen molar-refractivity contribution in [3.8, 4) is 0 Å². The average Bonchev–Trinajstić information content (AvgIpc) is 2.84. The molecule has 36 heavy (non-hydrogen) atoms. The molecule has 7 nitrogen and oxygen atoms in total. The van der Waals surface area contributed by atoms with Crippen LogP contribution in [0.4, 0.5) is 29.3 Å². The Bertz CT molecular complexity index is 1220. The molecular weight excluding hydrogens is 586 g/mol. The van der Waals surface area contributed by atoms with Crippen LogP contribution in [0.15, 0.2) is 41.4 Å². The zero-order chi connectivity index (χ0) is 26.4. The van der Waals surface area contributed by atoms with Crippen LogP contribution in [-0.2, 0) is 4.79 Å². The fourth-order valence-electron chi connectivity index (χ4n) is 3.86. The summed E-state index contributed by atoms with van der Waals surface area (Å²) in [5, 5.41) is 7.78. The second-order valence-corrected chi connectivity index (χ2v) is 8.98. The number of likely N-dealkylation sites (N-methyl/N-ethyl adjacent to an activating group) is 1. The Labute approximate surface area is 221 Å². The number of hydrogen-bond donors (Lipinski definition) is 3. The molecule has 0 saturated heterocycles. The predicted octanol–water partition coefficient (Wildman–Crippen LogP) is 4.97. The number of urea groups is 1. The van der Waals surface area contributed by atoms with Crippen LogP contribution in [0.3, 0.4) is 0 Å². The summed E-state index contributed by atoms with van der Waals surface area (Å²) in [7, 11) is 1.71. The number of benzene rings is 2. The Kier molecular flexibility index (Phi) is 9.35. The highest BCUT2D eigenvalue weighted by Crippen LogP contribution is 2.31. The van der Waals surface area contributed by atoms with E-state index in [1.165, 1.54) is 12.1 Å². The first-order valence-corrected chi connectivity index (χ1v) is 12.8. The van der Waals surface area contributed by atoms with Crippen molar-refractivity contribution in [1.29, 1.82) is 0 Å². The molecule has 192 valence electrons. The monoisotopic (exact) mass is 613 g/mol. The summed E-state index contributed by atoms with van der Waals surface area (Å²) in [5.74, 6) is -1.68. The smallest absolute Gasteiger partial charge is 0.323 e. The SMILES string of the molecule is CCN1CC(CNC(CI)=NC)C=C(c2cc(NC(=O)Nc3cc(F)ccc3F)c(F)cc2C)C1=O. The summed E-state index contributed by atoms with van der Waals surface area (Å²) in [6.07, 6.45) is 1.86. The van der Waals surface area contributed by atoms with E-state index in [0.717, 1.165) is 28.5 Å². The molecule has 2 aromatic rings. The minimum absolute atomic E-state index is 0.0162. The number of aliphatic imine (C=N–C) groups is 1. The largest absolute Gasteiger partial charge is 0.373 e. The third-order valence-electron chi connectivity index (χ3n) is 5.75. The van der Waals surface area contributed by atoms with Crippen LogP contribution in [-0.4, -0.2) is 53.8 Å². The molecule has 1 aliphatic rings. The molecule has 3 N–H and O–H groups in total. The number of nitrogens with zero attached hydrogens (tertiary/aromatic N) is 2. The van der Waals surface area contributed by atoms with Crippen molar-refractivity contribution in [2.45, 2.75) is 13.8 Å². The quantitative estimate of drug-likeness (QED) is 0.179. The standard InChI is InChI=1S/C25H27F3IN5O2/c1-4-34-13-15(12-31-23(11-29)30-3)8-18(24(34)35)17-10-22(20(28)7-14(17)2)33-25(36)32-21-9-16(26)5-6-19(21)27/h5-10,15H,4,11-13H2,1-3H3,(H,30,31)(H2,32,33,36). The van der Waals surface area contributed by atoms with Crippen LogP contribution in [0.1, 0.15) is 18.1 Å². The first kappa shape index (κ1) is 27.5. The molecule has 3 amide bonds. The highest BCUT2D eigenvalue weighted by atomic mass is 127. The average molecular weight is 613 g/mol. The van der Waals surface area contributed by atoms with Gasteiger partial charge in [0.25, 0.3) is 5.91 Å². The van der Waals surface area contributed by atoms with Crippen LogP contribution in [0.2, 0.25) is 0 Å². The van der Waals surface area contributed by atoms with Gasteiger partial charge in [-0.05, 0) is 49.2 Å². The number of anilines is 2. The molecular formula is C25H27F3IN5O2. The summed E-state index contributed by atoms with van der Waals surface area (Å²) < 4.78 is 42.7. The molecule has 0 spiro atoms. The second-order valence-electron chi connectivity index (χ2n) is 8.22. The van der Waals surface area contributed by atoms with Gasteiger partial charge in [-0.15, -0.1) is 0 Å². The lowest BCUT2D eigenvalue weighted by atomic mass is 9.91. The summed E-state index contributed by atoms with van der Waals surface area (Å²) in [5.41, 5.74) is 0.793. The number of carbonyl (C=O) groups is 2. The minimum Gasteiger partial charge on any atom is -0.373 e. The topological polar surface area (TPSA) is 85.8 Å². The Hall–Kier alpha value is -3.09. The van der Waals surface area contributed by atoms with Gasteiger partial charge in [0.2, 0.25) is 0 Å². The van der Waals surface area contributed by atoms with Crippen molar-refractivity contribution in [3.63, 3.8) is 0 Å². The number of nitrogens with one attached hydrogen (secondary N) is 3. The zero-order valence-electron chi connectivity index (χ0n) is 20.1. The number of amides is 3. The molecule has 0 aromatic heterocycles. The van der Waals surface area contributed by atoms with Crippen LogP contribution in [0.5, 0.6) is 0 Å². The molecule has 0 aliphatic carbocycles. The van der Waals surface area contributed by atoms with Gasteiger partial charge in [0.15, 0.2) is 0 Å². The van der Waals surface area contributed by atoms with E-state index in [1.807, 2.05) is 13.0 Å². The normalized spacial score (nSPS) is 16.0. The van der Waals surface area contributed by atoms with E-state index < -0.39 is 23.5 Å². The predicted molar refractivity (Wildman–Crippen MR) is 144 cm³/mol. The summed E-state index contributed by atoms with van der Waals surface area (Å²) in [4.78, 5) is 31.5. The lowest BCUT2D eigenvalue weighted by Gasteiger charge is -2.32. The number of amidine groups is 1. The van der Waals surface area contributed by atoms with Gasteiger partial charge in [-0.25, -0.2) is 18.0 Å². The molecule has 2 aromatic carbocycles. The van der Waals surface area contributed by atoms with Crippen molar-refractivity contribution in [1.82, 2.24) is 10.2 Å². The van der Waals surface area contributed by atoms with Gasteiger partial charge >= 0.3 is 6.03 Å². The van der Waals surface area contributed by atoms with E-state index in [0.29, 0.717) is 36.3 Å². The molecule has 0 saturated carbocycles. The molecule has 11 heteroatoms. The Morgan fingerprint density at radius 1 is 1.14 bits per heavy atom. The van der Waals surface area contributed by atoms with Gasteiger partial charge < -0.3 is 20.9 Å². The highest BCUT2D eigenvalue weighted by Gasteiger charge is 2.29. The maximum absolute atomic E-state index is 14.7. The van der Waals surface area contributed by atoms with Gasteiger partial charge in [-0.1, -0.05) is 28.7 Å². The maximum Gasteiger partial charge on any atom is 0.323 e. The Balaban J connectivity index is 1.89. The summed E-state index contributed by atoms with van der Waals surface area (Å²) in [6, 6.07) is 4.24. The van der Waals surface area contributed by atoms with Gasteiger partial charge in [-0.2, -0.15) is 0 Å². The molecule has 1 atom stereocenters. The van der Waals surface area contributed by atoms with Crippen LogP contribution < -0.4 is 16.0 Å². The molecule has 1 aliphatic heterocycles. The van der Waals surface area contributed by atoms with E-state index in [1.54, 1.807) is 18.9 Å². The third kappa shape index (κ3) is 6.56. The van der Waals surface area contributed by atoms with Crippen molar-refractivity contribution >= 4 is 57.3 Å². The summed E-state index contributed by atoms with van der Waals surface area (Å²) >= 11 is 2.21. The van der Waals surface area contributed by atoms with Crippen molar-refractivity contribution < 1.29 is 22.8 Å². The third-order valence-corrected chi connectivity index (χ3v) is 6.47. The van der Waals surface area contributed by atoms with Crippen molar-refractivity contribution in [2.75, 3.05) is 41.7 Å². The fraction of sp³-hybridized carbons (Fsp3) is 0.320. The fourth-order valence-corrected chi connectivity index (χ4v) is 4.47. The zero-order valence-corrected chi connectivity index (χ0v) is 22.3. The molecule has 1 unspecified atom stereocenters.